The van der Waals surface area contributed by atoms with Gasteiger partial charge in [0.25, 0.3) is 5.78 Å². The lowest BCUT2D eigenvalue weighted by atomic mass is 9.92. The first-order valence-corrected chi connectivity index (χ1v) is 14.3. The van der Waals surface area contributed by atoms with Crippen LogP contribution in [0.5, 0.6) is 0 Å². The molecule has 2 aromatic heterocycles. The molecule has 2 atom stereocenters. The highest BCUT2D eigenvalue weighted by molar-refractivity contribution is 9.09. The van der Waals surface area contributed by atoms with Crippen molar-refractivity contribution in [3.63, 3.8) is 0 Å². The van der Waals surface area contributed by atoms with Crippen LogP contribution in [0.3, 0.4) is 0 Å². The quantitative estimate of drug-likeness (QED) is 0.161. The Bertz CT molecular complexity index is 1260. The number of aryl methyl sites for hydroxylation is 2. The third-order valence-electron chi connectivity index (χ3n) is 6.75. The minimum absolute atomic E-state index is 0.0110. The number of rotatable bonds is 9. The van der Waals surface area contributed by atoms with Gasteiger partial charge in [-0.05, 0) is 63.4 Å². The Morgan fingerprint density at radius 2 is 2.05 bits per heavy atom. The Labute approximate surface area is 237 Å². The molecule has 39 heavy (non-hydrogen) atoms. The fourth-order valence-electron chi connectivity index (χ4n) is 4.82. The SMILES string of the molecule is C=CN(CCC)C(=O)/C=C\C(C)Br.Cc1cc(C)n2nc(CC3=C(N=O)CC(C4CCCC4)OC3=O)nc2n1. The van der Waals surface area contributed by atoms with Crippen molar-refractivity contribution in [1.29, 1.82) is 0 Å². The summed E-state index contributed by atoms with van der Waals surface area (Å²) in [4.78, 5) is 45.9. The fraction of sp³-hybridized carbons (Fsp3) is 0.536. The summed E-state index contributed by atoms with van der Waals surface area (Å²) in [7, 11) is 0. The summed E-state index contributed by atoms with van der Waals surface area (Å²) >= 11 is 3.33. The minimum Gasteiger partial charge on any atom is -0.458 e. The van der Waals surface area contributed by atoms with Crippen LogP contribution in [-0.2, 0) is 20.7 Å². The van der Waals surface area contributed by atoms with Gasteiger partial charge in [-0.3, -0.25) is 4.79 Å². The number of aromatic nitrogens is 4. The third-order valence-corrected chi connectivity index (χ3v) is 7.06. The largest absolute Gasteiger partial charge is 0.458 e. The molecule has 4 rings (SSSR count). The van der Waals surface area contributed by atoms with Gasteiger partial charge in [0.05, 0.1) is 11.3 Å². The van der Waals surface area contributed by atoms with E-state index in [2.05, 4.69) is 42.8 Å². The molecule has 3 heterocycles. The van der Waals surface area contributed by atoms with Crippen LogP contribution in [0.15, 0.2) is 47.4 Å². The number of cyclic esters (lactones) is 1. The van der Waals surface area contributed by atoms with Gasteiger partial charge >= 0.3 is 5.97 Å². The fourth-order valence-corrected chi connectivity index (χ4v) is 4.98. The molecule has 1 aliphatic carbocycles. The number of nitrogens with zero attached hydrogens (tertiary/aromatic N) is 6. The van der Waals surface area contributed by atoms with E-state index in [1.807, 2.05) is 39.8 Å². The molecule has 0 aromatic carbocycles. The molecule has 11 heteroatoms. The molecule has 0 bridgehead atoms. The van der Waals surface area contributed by atoms with Gasteiger partial charge in [-0.15, -0.1) is 10.0 Å². The molecule has 0 saturated heterocycles. The number of carbonyl (C=O) groups excluding carboxylic acids is 2. The molecular weight excluding hydrogens is 564 g/mol. The number of amides is 1. The molecule has 2 aliphatic rings. The summed E-state index contributed by atoms with van der Waals surface area (Å²) in [6, 6.07) is 1.91. The molecule has 1 saturated carbocycles. The second kappa shape index (κ2) is 14.3. The van der Waals surface area contributed by atoms with Crippen molar-refractivity contribution in [3.05, 3.63) is 64.4 Å². The molecule has 0 spiro atoms. The average Bonchev–Trinajstić information content (AvgIpc) is 3.57. The number of fused-ring (bicyclic) bond motifs is 1. The van der Waals surface area contributed by atoms with Crippen LogP contribution in [-0.4, -0.2) is 53.8 Å². The summed E-state index contributed by atoms with van der Waals surface area (Å²) in [5.74, 6) is 0.761. The first-order valence-electron chi connectivity index (χ1n) is 13.4. The monoisotopic (exact) mass is 600 g/mol. The molecule has 1 amide bonds. The van der Waals surface area contributed by atoms with Crippen molar-refractivity contribution in [3.8, 4) is 0 Å². The van der Waals surface area contributed by atoms with E-state index in [4.69, 9.17) is 4.74 Å². The normalized spacial score (nSPS) is 18.6. The van der Waals surface area contributed by atoms with E-state index in [1.165, 1.54) is 0 Å². The van der Waals surface area contributed by atoms with E-state index in [0.29, 0.717) is 23.9 Å². The zero-order chi connectivity index (χ0) is 28.5. The second-order valence-corrected chi connectivity index (χ2v) is 11.4. The molecule has 0 radical (unpaired) electrons. The maximum atomic E-state index is 12.5. The summed E-state index contributed by atoms with van der Waals surface area (Å²) in [6.07, 6.45) is 10.5. The van der Waals surface area contributed by atoms with E-state index in [-0.39, 0.29) is 34.5 Å². The van der Waals surface area contributed by atoms with Gasteiger partial charge in [-0.2, -0.15) is 4.98 Å². The number of nitroso groups, excluding NO2 is 1. The van der Waals surface area contributed by atoms with Gasteiger partial charge < -0.3 is 9.64 Å². The molecule has 210 valence electrons. The van der Waals surface area contributed by atoms with Crippen LogP contribution in [0.4, 0.5) is 0 Å². The number of carbonyl (C=O) groups is 2. The smallest absolute Gasteiger partial charge is 0.336 e. The lowest BCUT2D eigenvalue weighted by Gasteiger charge is -2.28. The molecule has 2 unspecified atom stereocenters. The zero-order valence-corrected chi connectivity index (χ0v) is 24.7. The Morgan fingerprint density at radius 1 is 1.33 bits per heavy atom. The Kier molecular flexibility index (Phi) is 11.1. The predicted molar refractivity (Wildman–Crippen MR) is 153 cm³/mol. The maximum absolute atomic E-state index is 12.5. The number of esters is 1. The van der Waals surface area contributed by atoms with E-state index in [9.17, 15) is 14.5 Å². The molecular formula is C28H37BrN6O4. The van der Waals surface area contributed by atoms with E-state index < -0.39 is 5.97 Å². The Balaban J connectivity index is 0.000000276. The number of halogens is 1. The number of alkyl halides is 1. The minimum atomic E-state index is -0.470. The number of allylic oxidation sites excluding steroid dienone is 1. The van der Waals surface area contributed by atoms with Crippen molar-refractivity contribution < 1.29 is 14.3 Å². The third kappa shape index (κ3) is 8.14. The van der Waals surface area contributed by atoms with Crippen LogP contribution in [0.2, 0.25) is 0 Å². The zero-order valence-electron chi connectivity index (χ0n) is 23.1. The predicted octanol–water partition coefficient (Wildman–Crippen LogP) is 5.52. The standard InChI is InChI=1S/C18H21N5O3.C10H16BrNO/c1-10-7-11(2)23-18(19-10)20-16(21-23)8-13-14(22-25)9-15(26-17(13)24)12-5-3-4-6-12;1-4-8-12(5-2)10(13)7-6-9(3)11/h7,12,15H,3-6,8-9H2,1-2H3;5-7,9H,2,4,8H2,1,3H3/b;7-6-. The van der Waals surface area contributed by atoms with Gasteiger partial charge in [0.15, 0.2) is 5.82 Å². The van der Waals surface area contributed by atoms with E-state index in [0.717, 1.165) is 50.0 Å². The van der Waals surface area contributed by atoms with Crippen molar-refractivity contribution >= 4 is 33.6 Å². The van der Waals surface area contributed by atoms with Gasteiger partial charge in [-0.25, -0.2) is 14.3 Å². The highest BCUT2D eigenvalue weighted by atomic mass is 79.9. The summed E-state index contributed by atoms with van der Waals surface area (Å²) in [5, 5.41) is 7.54. The molecule has 2 aromatic rings. The number of ether oxygens (including phenoxy) is 1. The first-order chi connectivity index (χ1) is 18.7. The van der Waals surface area contributed by atoms with Gasteiger partial charge in [0.2, 0.25) is 5.91 Å². The molecule has 1 fully saturated rings. The lowest BCUT2D eigenvalue weighted by Crippen LogP contribution is -2.32. The molecule has 1 aliphatic heterocycles. The highest BCUT2D eigenvalue weighted by Gasteiger charge is 2.36. The van der Waals surface area contributed by atoms with Crippen LogP contribution < -0.4 is 0 Å². The Hall–Kier alpha value is -3.21. The van der Waals surface area contributed by atoms with Crippen molar-refractivity contribution in [2.45, 2.75) is 83.6 Å². The lowest BCUT2D eigenvalue weighted by molar-refractivity contribution is -0.148. The van der Waals surface area contributed by atoms with Crippen LogP contribution in [0, 0.1) is 24.7 Å². The molecule has 10 nitrogen and oxygen atoms in total. The maximum Gasteiger partial charge on any atom is 0.336 e. The van der Waals surface area contributed by atoms with E-state index in [1.54, 1.807) is 21.7 Å². The molecule has 0 N–H and O–H groups in total. The second-order valence-electron chi connectivity index (χ2n) is 9.92. The first kappa shape index (κ1) is 30.3. The van der Waals surface area contributed by atoms with Crippen LogP contribution in [0.25, 0.3) is 5.78 Å². The van der Waals surface area contributed by atoms with E-state index >= 15 is 0 Å². The average molecular weight is 602 g/mol. The van der Waals surface area contributed by atoms with Gasteiger partial charge in [0, 0.05) is 41.7 Å². The number of hydrogen-bond donors (Lipinski definition) is 0. The van der Waals surface area contributed by atoms with Crippen molar-refractivity contribution in [2.75, 3.05) is 6.54 Å². The van der Waals surface area contributed by atoms with Gasteiger partial charge in [0.1, 0.15) is 6.10 Å². The van der Waals surface area contributed by atoms with Crippen LogP contribution in [0.1, 0.15) is 69.6 Å². The number of hydrogen-bond acceptors (Lipinski definition) is 8. The van der Waals surface area contributed by atoms with Crippen molar-refractivity contribution in [1.82, 2.24) is 24.5 Å². The summed E-state index contributed by atoms with van der Waals surface area (Å²) in [6.45, 7) is 12.1. The Morgan fingerprint density at radius 3 is 2.67 bits per heavy atom. The van der Waals surface area contributed by atoms with Crippen molar-refractivity contribution in [2.24, 2.45) is 11.1 Å². The topological polar surface area (TPSA) is 119 Å². The summed E-state index contributed by atoms with van der Waals surface area (Å²) in [5.41, 5.74) is 2.29. The van der Waals surface area contributed by atoms with Gasteiger partial charge in [-0.1, -0.05) is 48.4 Å². The van der Waals surface area contributed by atoms with Crippen LogP contribution >= 0.6 is 15.9 Å². The highest BCUT2D eigenvalue weighted by Crippen LogP contribution is 2.36. The summed E-state index contributed by atoms with van der Waals surface area (Å²) < 4.78 is 7.26.